The molecular weight excluding hydrogens is 390 g/mol. The van der Waals surface area contributed by atoms with E-state index >= 15 is 0 Å². The molecule has 0 amide bonds. The molecule has 3 rings (SSSR count). The number of thiazole rings is 1. The summed E-state index contributed by atoms with van der Waals surface area (Å²) in [5.41, 5.74) is 2.50. The van der Waals surface area contributed by atoms with Gasteiger partial charge in [-0.05, 0) is 24.3 Å². The van der Waals surface area contributed by atoms with Gasteiger partial charge in [-0.2, -0.15) is 0 Å². The van der Waals surface area contributed by atoms with Gasteiger partial charge in [-0.1, -0.05) is 35.9 Å². The van der Waals surface area contributed by atoms with Crippen molar-refractivity contribution in [1.82, 2.24) is 8.87 Å². The van der Waals surface area contributed by atoms with Crippen LogP contribution in [-0.4, -0.2) is 31.4 Å². The van der Waals surface area contributed by atoms with Crippen LogP contribution in [0.2, 0.25) is 5.02 Å². The van der Waals surface area contributed by atoms with Gasteiger partial charge in [-0.25, -0.2) is 17.7 Å². The van der Waals surface area contributed by atoms with Crippen molar-refractivity contribution in [3.05, 3.63) is 63.7 Å². The fourth-order valence-corrected chi connectivity index (χ4v) is 4.72. The first kappa shape index (κ1) is 18.8. The van der Waals surface area contributed by atoms with Gasteiger partial charge in [-0.3, -0.25) is 0 Å². The van der Waals surface area contributed by atoms with Crippen molar-refractivity contribution < 1.29 is 8.42 Å². The minimum Gasteiger partial charge on any atom is -0.320 e. The zero-order valence-electron chi connectivity index (χ0n) is 14.5. The summed E-state index contributed by atoms with van der Waals surface area (Å²) in [6.45, 7) is 0. The van der Waals surface area contributed by atoms with Crippen molar-refractivity contribution >= 4 is 38.6 Å². The van der Waals surface area contributed by atoms with Crippen molar-refractivity contribution in [3.8, 4) is 11.3 Å². The summed E-state index contributed by atoms with van der Waals surface area (Å²) in [4.78, 5) is 5.54. The van der Waals surface area contributed by atoms with Gasteiger partial charge >= 0.3 is 0 Å². The molecule has 136 valence electrons. The van der Waals surface area contributed by atoms with Gasteiger partial charge in [0.15, 0.2) is 4.80 Å². The Bertz CT molecular complexity index is 1100. The van der Waals surface area contributed by atoms with E-state index in [1.807, 2.05) is 53.4 Å². The number of hydrogen-bond donors (Lipinski definition) is 0. The average molecular weight is 408 g/mol. The van der Waals surface area contributed by atoms with Crippen LogP contribution < -0.4 is 4.80 Å². The van der Waals surface area contributed by atoms with E-state index in [-0.39, 0.29) is 9.92 Å². The largest absolute Gasteiger partial charge is 0.320 e. The molecule has 8 heteroatoms. The van der Waals surface area contributed by atoms with Crippen molar-refractivity contribution in [3.63, 3.8) is 0 Å². The number of halogens is 1. The number of sulfonamides is 1. The van der Waals surface area contributed by atoms with Gasteiger partial charge in [0, 0.05) is 32.1 Å². The average Bonchev–Trinajstić information content (AvgIpc) is 2.97. The van der Waals surface area contributed by atoms with Crippen molar-refractivity contribution in [2.75, 3.05) is 14.1 Å². The Morgan fingerprint density at radius 2 is 1.81 bits per heavy atom. The highest BCUT2D eigenvalue weighted by Gasteiger charge is 2.22. The lowest BCUT2D eigenvalue weighted by Crippen LogP contribution is -2.22. The number of para-hydroxylation sites is 1. The molecular formula is C18H18ClN3O2S2. The van der Waals surface area contributed by atoms with E-state index in [4.69, 9.17) is 11.6 Å². The molecule has 0 N–H and O–H groups in total. The Balaban J connectivity index is 2.11. The van der Waals surface area contributed by atoms with E-state index < -0.39 is 10.0 Å². The first-order valence-corrected chi connectivity index (χ1v) is 10.5. The van der Waals surface area contributed by atoms with Crippen LogP contribution in [-0.2, 0) is 17.1 Å². The second-order valence-electron chi connectivity index (χ2n) is 5.84. The van der Waals surface area contributed by atoms with Crippen LogP contribution in [0.5, 0.6) is 0 Å². The third kappa shape index (κ3) is 3.61. The Hall–Kier alpha value is -1.93. The lowest BCUT2D eigenvalue weighted by atomic mass is 10.2. The molecule has 0 atom stereocenters. The molecule has 0 aliphatic heterocycles. The molecule has 3 aromatic rings. The molecule has 26 heavy (non-hydrogen) atoms. The molecule has 0 saturated heterocycles. The smallest absolute Gasteiger partial charge is 0.244 e. The first-order chi connectivity index (χ1) is 12.3. The Morgan fingerprint density at radius 1 is 1.12 bits per heavy atom. The van der Waals surface area contributed by atoms with E-state index in [0.717, 1.165) is 26.1 Å². The van der Waals surface area contributed by atoms with E-state index in [2.05, 4.69) is 4.99 Å². The molecule has 0 spiro atoms. The van der Waals surface area contributed by atoms with Gasteiger partial charge in [0.25, 0.3) is 0 Å². The predicted molar refractivity (Wildman–Crippen MR) is 106 cm³/mol. The molecule has 5 nitrogen and oxygen atoms in total. The number of benzene rings is 2. The van der Waals surface area contributed by atoms with E-state index in [9.17, 15) is 8.42 Å². The molecule has 0 radical (unpaired) electrons. The normalized spacial score (nSPS) is 12.7. The first-order valence-electron chi connectivity index (χ1n) is 7.77. The number of rotatable bonds is 4. The van der Waals surface area contributed by atoms with Crippen LogP contribution in [0.25, 0.3) is 11.3 Å². The Labute approximate surface area is 161 Å². The maximum Gasteiger partial charge on any atom is 0.244 e. The molecule has 1 heterocycles. The molecule has 0 aliphatic rings. The molecule has 0 fully saturated rings. The second-order valence-corrected chi connectivity index (χ2v) is 9.21. The van der Waals surface area contributed by atoms with Gasteiger partial charge in [-0.15, -0.1) is 11.3 Å². The Morgan fingerprint density at radius 3 is 2.46 bits per heavy atom. The minimum absolute atomic E-state index is 0.0921. The lowest BCUT2D eigenvalue weighted by molar-refractivity contribution is 0.521. The van der Waals surface area contributed by atoms with Crippen LogP contribution in [0.15, 0.2) is 63.8 Å². The van der Waals surface area contributed by atoms with Gasteiger partial charge < -0.3 is 4.57 Å². The molecule has 0 aliphatic carbocycles. The quantitative estimate of drug-likeness (QED) is 0.658. The van der Waals surface area contributed by atoms with Crippen LogP contribution in [0.3, 0.4) is 0 Å². The lowest BCUT2D eigenvalue weighted by Gasteiger charge is -2.14. The molecule has 2 aromatic carbocycles. The fourth-order valence-electron chi connectivity index (χ4n) is 2.40. The maximum absolute atomic E-state index is 12.5. The summed E-state index contributed by atoms with van der Waals surface area (Å²) in [7, 11) is 1.26. The van der Waals surface area contributed by atoms with Crippen molar-refractivity contribution in [2.24, 2.45) is 12.0 Å². The fraction of sp³-hybridized carbons (Fsp3) is 0.167. The van der Waals surface area contributed by atoms with Crippen LogP contribution in [0, 0.1) is 0 Å². The molecule has 0 unspecified atom stereocenters. The summed E-state index contributed by atoms with van der Waals surface area (Å²) < 4.78 is 28.1. The van der Waals surface area contributed by atoms with Gasteiger partial charge in [0.1, 0.15) is 4.90 Å². The summed E-state index contributed by atoms with van der Waals surface area (Å²) in [5.74, 6) is 0. The van der Waals surface area contributed by atoms with Crippen LogP contribution in [0.1, 0.15) is 0 Å². The van der Waals surface area contributed by atoms with E-state index in [1.165, 1.54) is 25.4 Å². The maximum atomic E-state index is 12.5. The molecule has 0 saturated carbocycles. The Kier molecular flexibility index (Phi) is 5.34. The summed E-state index contributed by atoms with van der Waals surface area (Å²) in [6, 6.07) is 14.7. The van der Waals surface area contributed by atoms with Crippen LogP contribution in [0.4, 0.5) is 5.69 Å². The van der Waals surface area contributed by atoms with E-state index in [1.54, 1.807) is 12.1 Å². The predicted octanol–water partition coefficient (Wildman–Crippen LogP) is 3.89. The van der Waals surface area contributed by atoms with Gasteiger partial charge in [0.2, 0.25) is 10.0 Å². The van der Waals surface area contributed by atoms with E-state index in [0.29, 0.717) is 0 Å². The molecule has 1 aromatic heterocycles. The van der Waals surface area contributed by atoms with Crippen molar-refractivity contribution in [2.45, 2.75) is 4.90 Å². The topological polar surface area (TPSA) is 54.7 Å². The number of aromatic nitrogens is 1. The molecule has 0 bridgehead atoms. The summed E-state index contributed by atoms with van der Waals surface area (Å²) >= 11 is 7.63. The summed E-state index contributed by atoms with van der Waals surface area (Å²) in [6.07, 6.45) is 0. The summed E-state index contributed by atoms with van der Waals surface area (Å²) in [5, 5.41) is 2.16. The number of hydrogen-bond acceptors (Lipinski definition) is 4. The highest BCUT2D eigenvalue weighted by atomic mass is 35.5. The highest BCUT2D eigenvalue weighted by molar-refractivity contribution is 7.89. The highest BCUT2D eigenvalue weighted by Crippen LogP contribution is 2.29. The third-order valence-corrected chi connectivity index (χ3v) is 7.10. The second kappa shape index (κ2) is 7.36. The minimum atomic E-state index is -3.62. The number of nitrogens with zero attached hydrogens (tertiary/aromatic N) is 3. The third-order valence-electron chi connectivity index (χ3n) is 3.89. The zero-order valence-corrected chi connectivity index (χ0v) is 16.9. The SMILES string of the molecule is CN(C)S(=O)(=O)c1cc(-c2csc(=Nc3ccccc3)n2C)ccc1Cl. The van der Waals surface area contributed by atoms with Crippen molar-refractivity contribution in [1.29, 1.82) is 0 Å². The zero-order chi connectivity index (χ0) is 18.9. The van der Waals surface area contributed by atoms with Gasteiger partial charge in [0.05, 0.1) is 16.4 Å². The monoisotopic (exact) mass is 407 g/mol. The standard InChI is InChI=1S/C18H18ClN3O2S2/c1-21(2)26(23,24)17-11-13(9-10-15(17)19)16-12-25-18(22(16)3)20-14-7-5-4-6-8-14/h4-12H,1-3H3. The van der Waals surface area contributed by atoms with Crippen LogP contribution >= 0.6 is 22.9 Å².